The van der Waals surface area contributed by atoms with E-state index in [9.17, 15) is 18.4 Å². The van der Waals surface area contributed by atoms with Crippen LogP contribution in [0.4, 0.5) is 18.9 Å². The van der Waals surface area contributed by atoms with Crippen molar-refractivity contribution >= 4 is 5.69 Å². The van der Waals surface area contributed by atoms with E-state index in [1.54, 1.807) is 6.92 Å². The van der Waals surface area contributed by atoms with Gasteiger partial charge >= 0.3 is 6.18 Å². The zero-order valence-corrected chi connectivity index (χ0v) is 14.4. The van der Waals surface area contributed by atoms with Gasteiger partial charge in [-0.05, 0) is 32.0 Å². The van der Waals surface area contributed by atoms with Crippen LogP contribution in [0, 0.1) is 18.3 Å². The highest BCUT2D eigenvalue weighted by molar-refractivity contribution is 5.61. The van der Waals surface area contributed by atoms with Crippen LogP contribution in [0.2, 0.25) is 0 Å². The molecule has 26 heavy (non-hydrogen) atoms. The van der Waals surface area contributed by atoms with E-state index >= 15 is 0 Å². The van der Waals surface area contributed by atoms with Gasteiger partial charge in [0, 0.05) is 26.2 Å². The topological polar surface area (TPSA) is 69.2 Å². The van der Waals surface area contributed by atoms with Crippen LogP contribution in [0.15, 0.2) is 22.7 Å². The minimum atomic E-state index is -4.46. The third-order valence-corrected chi connectivity index (χ3v) is 4.55. The molecule has 138 valence electrons. The van der Waals surface area contributed by atoms with Gasteiger partial charge in [-0.3, -0.25) is 4.90 Å². The van der Waals surface area contributed by atoms with E-state index in [2.05, 4.69) is 15.0 Å². The van der Waals surface area contributed by atoms with Gasteiger partial charge in [-0.15, -0.1) is 0 Å². The Kier molecular flexibility index (Phi) is 4.87. The second-order valence-electron chi connectivity index (χ2n) is 6.22. The highest BCUT2D eigenvalue weighted by atomic mass is 19.4. The fraction of sp³-hybridized carbons (Fsp3) is 0.471. The van der Waals surface area contributed by atoms with Crippen molar-refractivity contribution in [3.63, 3.8) is 0 Å². The summed E-state index contributed by atoms with van der Waals surface area (Å²) in [5.41, 5.74) is -0.243. The standard InChI is InChI=1S/C17H18F3N5O/c1-11(16-22-12(2)23-26-16)24-5-7-25(8-6-24)15-4-3-14(17(18,19)20)9-13(15)10-21/h3-4,9,11H,5-8H2,1-2H3. The molecule has 1 aromatic heterocycles. The van der Waals surface area contributed by atoms with Gasteiger partial charge in [0.1, 0.15) is 6.07 Å². The molecule has 2 aromatic rings. The molecule has 1 atom stereocenters. The van der Waals surface area contributed by atoms with E-state index in [1.165, 1.54) is 6.07 Å². The highest BCUT2D eigenvalue weighted by Crippen LogP contribution is 2.33. The maximum Gasteiger partial charge on any atom is 0.416 e. The lowest BCUT2D eigenvalue weighted by Gasteiger charge is -2.38. The molecular formula is C17H18F3N5O. The Morgan fingerprint density at radius 2 is 1.92 bits per heavy atom. The maximum atomic E-state index is 12.8. The van der Waals surface area contributed by atoms with E-state index in [0.29, 0.717) is 43.6 Å². The number of hydrogen-bond acceptors (Lipinski definition) is 6. The van der Waals surface area contributed by atoms with Crippen molar-refractivity contribution in [3.05, 3.63) is 41.0 Å². The van der Waals surface area contributed by atoms with Crippen LogP contribution >= 0.6 is 0 Å². The highest BCUT2D eigenvalue weighted by Gasteiger charge is 2.32. The molecule has 2 heterocycles. The minimum absolute atomic E-state index is 0.0360. The van der Waals surface area contributed by atoms with E-state index in [4.69, 9.17) is 4.52 Å². The third-order valence-electron chi connectivity index (χ3n) is 4.55. The van der Waals surface area contributed by atoms with E-state index in [-0.39, 0.29) is 11.6 Å². The molecule has 1 aliphatic rings. The van der Waals surface area contributed by atoms with Gasteiger partial charge in [-0.1, -0.05) is 5.16 Å². The summed E-state index contributed by atoms with van der Waals surface area (Å²) in [7, 11) is 0. The van der Waals surface area contributed by atoms with Crippen molar-refractivity contribution in [2.24, 2.45) is 0 Å². The van der Waals surface area contributed by atoms with E-state index < -0.39 is 11.7 Å². The molecule has 6 nitrogen and oxygen atoms in total. The molecular weight excluding hydrogens is 347 g/mol. The zero-order chi connectivity index (χ0) is 18.9. The SMILES string of the molecule is Cc1noc(C(C)N2CCN(c3ccc(C(F)(F)F)cc3C#N)CC2)n1. The summed E-state index contributed by atoms with van der Waals surface area (Å²) in [6.45, 7) is 6.27. The van der Waals surface area contributed by atoms with Crippen LogP contribution in [0.1, 0.15) is 35.8 Å². The monoisotopic (exact) mass is 365 g/mol. The number of halogens is 3. The number of nitriles is 1. The number of alkyl halides is 3. The first-order chi connectivity index (χ1) is 12.3. The normalized spacial score (nSPS) is 17.2. The van der Waals surface area contributed by atoms with Gasteiger partial charge in [0.25, 0.3) is 0 Å². The Morgan fingerprint density at radius 3 is 2.46 bits per heavy atom. The van der Waals surface area contributed by atoms with E-state index in [0.717, 1.165) is 12.1 Å². The predicted molar refractivity (Wildman–Crippen MR) is 87.4 cm³/mol. The van der Waals surface area contributed by atoms with Crippen LogP contribution in [0.3, 0.4) is 0 Å². The number of hydrogen-bond donors (Lipinski definition) is 0. The molecule has 1 unspecified atom stereocenters. The van der Waals surface area contributed by atoms with Crippen LogP contribution < -0.4 is 4.90 Å². The number of aryl methyl sites for hydroxylation is 1. The molecule has 9 heteroatoms. The van der Waals surface area contributed by atoms with Gasteiger partial charge < -0.3 is 9.42 Å². The Morgan fingerprint density at radius 1 is 1.23 bits per heavy atom. The summed E-state index contributed by atoms with van der Waals surface area (Å²) in [5.74, 6) is 1.12. The number of piperazine rings is 1. The summed E-state index contributed by atoms with van der Waals surface area (Å²) < 4.78 is 43.7. The number of benzene rings is 1. The van der Waals surface area contributed by atoms with Crippen LogP contribution in [-0.4, -0.2) is 41.2 Å². The van der Waals surface area contributed by atoms with Crippen molar-refractivity contribution in [3.8, 4) is 6.07 Å². The largest absolute Gasteiger partial charge is 0.416 e. The Bertz CT molecular complexity index is 819. The summed E-state index contributed by atoms with van der Waals surface area (Å²) in [5, 5.41) is 13.0. The first-order valence-electron chi connectivity index (χ1n) is 8.20. The summed E-state index contributed by atoms with van der Waals surface area (Å²) in [6, 6.07) is 5.14. The van der Waals surface area contributed by atoms with Crippen molar-refractivity contribution in [1.29, 1.82) is 5.26 Å². The molecule has 1 saturated heterocycles. The number of anilines is 1. The molecule has 0 saturated carbocycles. The number of nitrogens with zero attached hydrogens (tertiary/aromatic N) is 5. The fourth-order valence-corrected chi connectivity index (χ4v) is 3.07. The number of rotatable bonds is 3. The molecule has 0 spiro atoms. The van der Waals surface area contributed by atoms with Crippen LogP contribution in [0.5, 0.6) is 0 Å². The lowest BCUT2D eigenvalue weighted by atomic mass is 10.1. The van der Waals surface area contributed by atoms with Gasteiger partial charge in [-0.2, -0.15) is 23.4 Å². The fourth-order valence-electron chi connectivity index (χ4n) is 3.07. The molecule has 0 N–H and O–H groups in total. The van der Waals surface area contributed by atoms with Crippen LogP contribution in [0.25, 0.3) is 0 Å². The van der Waals surface area contributed by atoms with Crippen molar-refractivity contribution in [1.82, 2.24) is 15.0 Å². The van der Waals surface area contributed by atoms with Crippen molar-refractivity contribution in [2.45, 2.75) is 26.1 Å². The van der Waals surface area contributed by atoms with Crippen LogP contribution in [-0.2, 0) is 6.18 Å². The summed E-state index contributed by atoms with van der Waals surface area (Å²) in [4.78, 5) is 8.34. The molecule has 0 amide bonds. The smallest absolute Gasteiger partial charge is 0.368 e. The summed E-state index contributed by atoms with van der Waals surface area (Å²) >= 11 is 0. The molecule has 0 aliphatic carbocycles. The maximum absolute atomic E-state index is 12.8. The second-order valence-corrected chi connectivity index (χ2v) is 6.22. The predicted octanol–water partition coefficient (Wildman–Crippen LogP) is 3.15. The van der Waals surface area contributed by atoms with E-state index in [1.807, 2.05) is 17.9 Å². The van der Waals surface area contributed by atoms with Gasteiger partial charge in [0.2, 0.25) is 5.89 Å². The molecule has 0 radical (unpaired) electrons. The first kappa shape index (κ1) is 18.2. The Labute approximate surface area is 148 Å². The third kappa shape index (κ3) is 3.65. The molecule has 1 aliphatic heterocycles. The molecule has 1 fully saturated rings. The van der Waals surface area contributed by atoms with Gasteiger partial charge in [-0.25, -0.2) is 0 Å². The first-order valence-corrected chi connectivity index (χ1v) is 8.20. The van der Waals surface area contributed by atoms with Crippen molar-refractivity contribution in [2.75, 3.05) is 31.1 Å². The lowest BCUT2D eigenvalue weighted by molar-refractivity contribution is -0.137. The molecule has 1 aromatic carbocycles. The molecule has 0 bridgehead atoms. The Balaban J connectivity index is 1.71. The van der Waals surface area contributed by atoms with Gasteiger partial charge in [0.05, 0.1) is 22.9 Å². The minimum Gasteiger partial charge on any atom is -0.368 e. The summed E-state index contributed by atoms with van der Waals surface area (Å²) in [6.07, 6.45) is -4.46. The average molecular weight is 365 g/mol. The lowest BCUT2D eigenvalue weighted by Crippen LogP contribution is -2.47. The Hall–Kier alpha value is -2.60. The molecule has 3 rings (SSSR count). The second kappa shape index (κ2) is 6.96. The quantitative estimate of drug-likeness (QED) is 0.832. The van der Waals surface area contributed by atoms with Gasteiger partial charge in [0.15, 0.2) is 5.82 Å². The van der Waals surface area contributed by atoms with Crippen molar-refractivity contribution < 1.29 is 17.7 Å². The average Bonchev–Trinajstić information content (AvgIpc) is 3.06. The zero-order valence-electron chi connectivity index (χ0n) is 14.4. The number of aromatic nitrogens is 2.